The molecule has 0 saturated heterocycles. The average molecular weight is 140 g/mol. The van der Waals surface area contributed by atoms with Crippen molar-refractivity contribution in [2.75, 3.05) is 0 Å². The van der Waals surface area contributed by atoms with Crippen molar-refractivity contribution in [2.24, 2.45) is 5.41 Å². The maximum Gasteiger partial charge on any atom is 0.160 e. The van der Waals surface area contributed by atoms with Crippen molar-refractivity contribution in [1.82, 2.24) is 0 Å². The second-order valence-electron chi connectivity index (χ2n) is 3.84. The van der Waals surface area contributed by atoms with E-state index in [1.807, 2.05) is 34.6 Å². The van der Waals surface area contributed by atoms with Crippen LogP contribution < -0.4 is 0 Å². The summed E-state index contributed by atoms with van der Waals surface area (Å²) in [4.78, 5) is 11.2. The van der Waals surface area contributed by atoms with Gasteiger partial charge in [-0.05, 0) is 19.9 Å². The molecule has 0 unspecified atom stereocenters. The highest BCUT2D eigenvalue weighted by Crippen LogP contribution is 2.15. The van der Waals surface area contributed by atoms with E-state index in [0.717, 1.165) is 5.57 Å². The summed E-state index contributed by atoms with van der Waals surface area (Å²) < 4.78 is 0. The maximum absolute atomic E-state index is 11.2. The first-order valence-electron chi connectivity index (χ1n) is 3.53. The highest BCUT2D eigenvalue weighted by Gasteiger charge is 2.17. The van der Waals surface area contributed by atoms with E-state index in [9.17, 15) is 4.79 Å². The van der Waals surface area contributed by atoms with Crippen LogP contribution in [0.5, 0.6) is 0 Å². The van der Waals surface area contributed by atoms with Crippen molar-refractivity contribution in [3.8, 4) is 0 Å². The SMILES string of the molecule is CC(C)=CC(=O)C(C)(C)C. The molecule has 0 saturated carbocycles. The lowest BCUT2D eigenvalue weighted by Gasteiger charge is -2.13. The minimum Gasteiger partial charge on any atom is -0.294 e. The van der Waals surface area contributed by atoms with Gasteiger partial charge in [-0.15, -0.1) is 0 Å². The molecule has 58 valence electrons. The van der Waals surface area contributed by atoms with Gasteiger partial charge >= 0.3 is 0 Å². The first-order chi connectivity index (χ1) is 4.34. The van der Waals surface area contributed by atoms with Gasteiger partial charge in [-0.2, -0.15) is 0 Å². The van der Waals surface area contributed by atoms with Crippen LogP contribution in [0.15, 0.2) is 11.6 Å². The highest BCUT2D eigenvalue weighted by atomic mass is 16.1. The molecule has 1 nitrogen and oxygen atoms in total. The Balaban J connectivity index is 4.27. The third-order valence-electron chi connectivity index (χ3n) is 1.16. The van der Waals surface area contributed by atoms with Gasteiger partial charge in [0.05, 0.1) is 0 Å². The summed E-state index contributed by atoms with van der Waals surface area (Å²) in [5.41, 5.74) is 0.844. The fourth-order valence-electron chi connectivity index (χ4n) is 0.479. The third-order valence-corrected chi connectivity index (χ3v) is 1.16. The molecule has 10 heavy (non-hydrogen) atoms. The molecule has 0 bridgehead atoms. The van der Waals surface area contributed by atoms with Gasteiger partial charge in [0.1, 0.15) is 0 Å². The molecule has 1 heteroatoms. The number of ketones is 1. The fourth-order valence-corrected chi connectivity index (χ4v) is 0.479. The Labute approximate surface area is 63.1 Å². The van der Waals surface area contributed by atoms with E-state index >= 15 is 0 Å². The van der Waals surface area contributed by atoms with E-state index < -0.39 is 0 Å². The number of hydrogen-bond donors (Lipinski definition) is 0. The molecule has 0 rings (SSSR count). The number of allylic oxidation sites excluding steroid dienone is 2. The van der Waals surface area contributed by atoms with E-state index in [-0.39, 0.29) is 11.2 Å². The lowest BCUT2D eigenvalue weighted by atomic mass is 9.90. The van der Waals surface area contributed by atoms with Crippen molar-refractivity contribution < 1.29 is 4.79 Å². The summed E-state index contributed by atoms with van der Waals surface area (Å²) >= 11 is 0. The van der Waals surface area contributed by atoms with Gasteiger partial charge in [-0.25, -0.2) is 0 Å². The summed E-state index contributed by atoms with van der Waals surface area (Å²) in [5.74, 6) is 0.201. The Morgan fingerprint density at radius 1 is 1.20 bits per heavy atom. The zero-order valence-electron chi connectivity index (χ0n) is 7.49. The molecule has 0 amide bonds. The summed E-state index contributed by atoms with van der Waals surface area (Å²) in [5, 5.41) is 0. The molecule has 0 radical (unpaired) electrons. The lowest BCUT2D eigenvalue weighted by molar-refractivity contribution is -0.121. The van der Waals surface area contributed by atoms with Crippen LogP contribution in [0.3, 0.4) is 0 Å². The van der Waals surface area contributed by atoms with Gasteiger partial charge in [-0.1, -0.05) is 26.3 Å². The molecule has 0 atom stereocenters. The second kappa shape index (κ2) is 3.00. The van der Waals surface area contributed by atoms with Crippen molar-refractivity contribution in [3.05, 3.63) is 11.6 Å². The van der Waals surface area contributed by atoms with Crippen molar-refractivity contribution >= 4 is 5.78 Å². The van der Waals surface area contributed by atoms with Crippen molar-refractivity contribution in [1.29, 1.82) is 0 Å². The topological polar surface area (TPSA) is 17.1 Å². The van der Waals surface area contributed by atoms with E-state index in [0.29, 0.717) is 0 Å². The molecule has 0 aliphatic heterocycles. The molecule has 0 fully saturated rings. The maximum atomic E-state index is 11.2. The van der Waals surface area contributed by atoms with Crippen LogP contribution in [0.1, 0.15) is 34.6 Å². The van der Waals surface area contributed by atoms with Crippen molar-refractivity contribution in [2.45, 2.75) is 34.6 Å². The van der Waals surface area contributed by atoms with Crippen LogP contribution in [0.2, 0.25) is 0 Å². The van der Waals surface area contributed by atoms with Gasteiger partial charge < -0.3 is 0 Å². The van der Waals surface area contributed by atoms with Crippen LogP contribution >= 0.6 is 0 Å². The van der Waals surface area contributed by atoms with E-state index in [1.165, 1.54) is 0 Å². The monoisotopic (exact) mass is 140 g/mol. The number of rotatable bonds is 1. The summed E-state index contributed by atoms with van der Waals surface area (Å²) in [6, 6.07) is 0. The quantitative estimate of drug-likeness (QED) is 0.511. The Morgan fingerprint density at radius 3 is 1.70 bits per heavy atom. The Kier molecular flexibility index (Phi) is 2.82. The van der Waals surface area contributed by atoms with Gasteiger partial charge in [-0.3, -0.25) is 4.79 Å². The molecule has 0 spiro atoms. The number of carbonyl (C=O) groups is 1. The Hall–Kier alpha value is -0.590. The smallest absolute Gasteiger partial charge is 0.160 e. The third kappa shape index (κ3) is 3.44. The summed E-state index contributed by atoms with van der Waals surface area (Å²) in [7, 11) is 0. The number of hydrogen-bond acceptors (Lipinski definition) is 1. The van der Waals surface area contributed by atoms with E-state index in [2.05, 4.69) is 0 Å². The van der Waals surface area contributed by atoms with Crippen molar-refractivity contribution in [3.63, 3.8) is 0 Å². The zero-order valence-corrected chi connectivity index (χ0v) is 7.49. The lowest BCUT2D eigenvalue weighted by Crippen LogP contribution is -2.17. The number of carbonyl (C=O) groups excluding carboxylic acids is 1. The molecule has 0 aromatic heterocycles. The predicted molar refractivity (Wildman–Crippen MR) is 43.9 cm³/mol. The van der Waals surface area contributed by atoms with Crippen LogP contribution in [0, 0.1) is 5.41 Å². The first kappa shape index (κ1) is 9.41. The highest BCUT2D eigenvalue weighted by molar-refractivity contribution is 5.94. The minimum absolute atomic E-state index is 0.201. The zero-order chi connectivity index (χ0) is 8.36. The molecule has 0 aromatic rings. The normalized spacial score (nSPS) is 10.9. The van der Waals surface area contributed by atoms with E-state index in [4.69, 9.17) is 0 Å². The van der Waals surface area contributed by atoms with Gasteiger partial charge in [0, 0.05) is 5.41 Å². The molecule has 0 N–H and O–H groups in total. The minimum atomic E-state index is -0.225. The van der Waals surface area contributed by atoms with Crippen LogP contribution in [-0.4, -0.2) is 5.78 Å². The van der Waals surface area contributed by atoms with Crippen LogP contribution in [0.25, 0.3) is 0 Å². The molecule has 0 aliphatic rings. The Bertz CT molecular complexity index is 154. The molecule has 0 heterocycles. The summed E-state index contributed by atoms with van der Waals surface area (Å²) in [6.07, 6.45) is 1.69. The average Bonchev–Trinajstić information content (AvgIpc) is 1.60. The fraction of sp³-hybridized carbons (Fsp3) is 0.667. The van der Waals surface area contributed by atoms with Gasteiger partial charge in [0.2, 0.25) is 0 Å². The largest absolute Gasteiger partial charge is 0.294 e. The van der Waals surface area contributed by atoms with Gasteiger partial charge in [0.25, 0.3) is 0 Å². The van der Waals surface area contributed by atoms with E-state index in [1.54, 1.807) is 6.08 Å². The summed E-state index contributed by atoms with van der Waals surface area (Å²) in [6.45, 7) is 9.64. The molecule has 0 aliphatic carbocycles. The Morgan fingerprint density at radius 2 is 1.60 bits per heavy atom. The first-order valence-corrected chi connectivity index (χ1v) is 3.53. The molecule has 0 aromatic carbocycles. The molecular weight excluding hydrogens is 124 g/mol. The van der Waals surface area contributed by atoms with Crippen LogP contribution in [0.4, 0.5) is 0 Å². The van der Waals surface area contributed by atoms with Crippen LogP contribution in [-0.2, 0) is 4.79 Å². The predicted octanol–water partition coefficient (Wildman–Crippen LogP) is 2.57. The van der Waals surface area contributed by atoms with Gasteiger partial charge in [0.15, 0.2) is 5.78 Å². The second-order valence-corrected chi connectivity index (χ2v) is 3.84. The standard InChI is InChI=1S/C9H16O/c1-7(2)6-8(10)9(3,4)5/h6H,1-5H3. The molecular formula is C9H16O.